The second-order valence-corrected chi connectivity index (χ2v) is 10.7. The van der Waals surface area contributed by atoms with E-state index in [-0.39, 0.29) is 42.0 Å². The zero-order chi connectivity index (χ0) is 23.8. The van der Waals surface area contributed by atoms with Gasteiger partial charge in [-0.1, -0.05) is 0 Å². The highest BCUT2D eigenvalue weighted by Gasteiger charge is 2.57. The van der Waals surface area contributed by atoms with Crippen LogP contribution in [-0.4, -0.2) is 58.5 Å². The molecule has 4 bridgehead atoms. The molecule has 9 heteroatoms. The van der Waals surface area contributed by atoms with Gasteiger partial charge in [0, 0.05) is 23.8 Å². The Morgan fingerprint density at radius 3 is 2.41 bits per heavy atom. The van der Waals surface area contributed by atoms with Crippen molar-refractivity contribution in [3.05, 3.63) is 23.9 Å². The highest BCUT2D eigenvalue weighted by Crippen LogP contribution is 2.57. The van der Waals surface area contributed by atoms with Gasteiger partial charge in [0.05, 0.1) is 24.7 Å². The van der Waals surface area contributed by atoms with E-state index in [4.69, 9.17) is 5.26 Å². The fourth-order valence-electron chi connectivity index (χ4n) is 7.23. The first-order chi connectivity index (χ1) is 16.4. The van der Waals surface area contributed by atoms with Crippen molar-refractivity contribution in [1.29, 1.82) is 10.5 Å². The zero-order valence-electron chi connectivity index (χ0n) is 19.3. The molecule has 5 aliphatic rings. The fourth-order valence-corrected chi connectivity index (χ4v) is 7.23. The van der Waals surface area contributed by atoms with Crippen molar-refractivity contribution < 1.29 is 9.59 Å². The lowest BCUT2D eigenvalue weighted by Gasteiger charge is -2.62. The van der Waals surface area contributed by atoms with Crippen LogP contribution >= 0.6 is 0 Å². The zero-order valence-corrected chi connectivity index (χ0v) is 19.3. The van der Waals surface area contributed by atoms with Crippen LogP contribution in [0, 0.1) is 34.5 Å². The molecule has 3 N–H and O–H groups in total. The van der Waals surface area contributed by atoms with Crippen molar-refractivity contribution in [2.45, 2.75) is 68.5 Å². The summed E-state index contributed by atoms with van der Waals surface area (Å²) in [5.74, 6) is 1.50. The maximum atomic E-state index is 12.8. The number of anilines is 1. The van der Waals surface area contributed by atoms with Crippen molar-refractivity contribution in [2.75, 3.05) is 25.0 Å². The molecule has 178 valence electrons. The highest BCUT2D eigenvalue weighted by atomic mass is 16.2. The Balaban J connectivity index is 1.19. The van der Waals surface area contributed by atoms with E-state index in [2.05, 4.69) is 27.0 Å². The molecule has 2 amide bonds. The van der Waals surface area contributed by atoms with Crippen LogP contribution < -0.4 is 16.0 Å². The number of nitriles is 2. The molecule has 0 spiro atoms. The first-order valence-electron chi connectivity index (χ1n) is 12.3. The van der Waals surface area contributed by atoms with Crippen molar-refractivity contribution in [3.8, 4) is 12.1 Å². The van der Waals surface area contributed by atoms with E-state index < -0.39 is 0 Å². The monoisotopic (exact) mass is 461 g/mol. The number of rotatable bonds is 7. The number of nitrogens with one attached hydrogen (secondary N) is 3. The Kier molecular flexibility index (Phi) is 6.01. The molecule has 6 rings (SSSR count). The number of carbonyl (C=O) groups excluding carboxylic acids is 2. The maximum absolute atomic E-state index is 12.8. The van der Waals surface area contributed by atoms with E-state index in [0.29, 0.717) is 29.8 Å². The third-order valence-electron chi connectivity index (χ3n) is 8.18. The molecule has 3 atom stereocenters. The van der Waals surface area contributed by atoms with Gasteiger partial charge < -0.3 is 20.9 Å². The molecule has 1 aromatic rings. The SMILES string of the molecule is N#Cc1ccc(NC(=O)CNC23CC4CC(C2)CC(NCC(=O)N2CCC[C@H]2C#N)(C4)C3)nc1. The molecule has 4 saturated carbocycles. The lowest BCUT2D eigenvalue weighted by molar-refractivity contribution is -0.131. The van der Waals surface area contributed by atoms with Crippen molar-refractivity contribution in [1.82, 2.24) is 20.5 Å². The molecule has 1 aliphatic heterocycles. The Morgan fingerprint density at radius 2 is 1.79 bits per heavy atom. The van der Waals surface area contributed by atoms with Gasteiger partial charge in [-0.3, -0.25) is 9.59 Å². The topological polar surface area (TPSA) is 134 Å². The van der Waals surface area contributed by atoms with E-state index in [1.165, 1.54) is 12.6 Å². The molecule has 34 heavy (non-hydrogen) atoms. The third kappa shape index (κ3) is 4.51. The van der Waals surface area contributed by atoms with Crippen LogP contribution in [0.4, 0.5) is 5.82 Å². The molecule has 1 saturated heterocycles. The van der Waals surface area contributed by atoms with E-state index >= 15 is 0 Å². The van der Waals surface area contributed by atoms with Crippen molar-refractivity contribution >= 4 is 17.6 Å². The molecule has 0 radical (unpaired) electrons. The first kappa shape index (κ1) is 22.8. The van der Waals surface area contributed by atoms with Gasteiger partial charge >= 0.3 is 0 Å². The van der Waals surface area contributed by atoms with Gasteiger partial charge in [0.2, 0.25) is 11.8 Å². The van der Waals surface area contributed by atoms with E-state index in [1.807, 2.05) is 6.07 Å². The molecule has 2 unspecified atom stereocenters. The number of hydrogen-bond acceptors (Lipinski definition) is 7. The Hall–Kier alpha value is -3.01. The Morgan fingerprint density at radius 1 is 1.09 bits per heavy atom. The van der Waals surface area contributed by atoms with Crippen LogP contribution in [0.2, 0.25) is 0 Å². The molecule has 1 aromatic heterocycles. The molecule has 0 aromatic carbocycles. The first-order valence-corrected chi connectivity index (χ1v) is 12.3. The summed E-state index contributed by atoms with van der Waals surface area (Å²) in [6.07, 6.45) is 9.51. The summed E-state index contributed by atoms with van der Waals surface area (Å²) in [7, 11) is 0. The van der Waals surface area contributed by atoms with Crippen molar-refractivity contribution in [2.24, 2.45) is 11.8 Å². The second-order valence-electron chi connectivity index (χ2n) is 10.7. The minimum absolute atomic E-state index is 0.0242. The van der Waals surface area contributed by atoms with E-state index in [0.717, 1.165) is 44.9 Å². The summed E-state index contributed by atoms with van der Waals surface area (Å²) in [6.45, 7) is 1.15. The minimum Gasteiger partial charge on any atom is -0.326 e. The predicted octanol–water partition coefficient (Wildman–Crippen LogP) is 1.68. The van der Waals surface area contributed by atoms with Crippen LogP contribution in [0.3, 0.4) is 0 Å². The normalized spacial score (nSPS) is 33.4. The van der Waals surface area contributed by atoms with Gasteiger partial charge in [0.1, 0.15) is 17.9 Å². The maximum Gasteiger partial charge on any atom is 0.239 e. The predicted molar refractivity (Wildman–Crippen MR) is 124 cm³/mol. The van der Waals surface area contributed by atoms with Crippen LogP contribution in [0.1, 0.15) is 56.9 Å². The average Bonchev–Trinajstić information content (AvgIpc) is 3.30. The number of aromatic nitrogens is 1. The molecule has 9 nitrogen and oxygen atoms in total. The van der Waals surface area contributed by atoms with Crippen LogP contribution in [0.15, 0.2) is 18.3 Å². The van der Waals surface area contributed by atoms with Gasteiger partial charge in [-0.25, -0.2) is 4.98 Å². The molecular formula is C25H31N7O2. The summed E-state index contributed by atoms with van der Waals surface area (Å²) in [6, 6.07) is 7.25. The highest BCUT2D eigenvalue weighted by molar-refractivity contribution is 5.91. The quantitative estimate of drug-likeness (QED) is 0.562. The van der Waals surface area contributed by atoms with Gasteiger partial charge in [-0.05, 0) is 75.3 Å². The number of hydrogen-bond donors (Lipinski definition) is 3. The smallest absolute Gasteiger partial charge is 0.239 e. The summed E-state index contributed by atoms with van der Waals surface area (Å²) >= 11 is 0. The molecular weight excluding hydrogens is 430 g/mol. The Labute approximate surface area is 199 Å². The van der Waals surface area contributed by atoms with E-state index in [1.54, 1.807) is 17.0 Å². The average molecular weight is 462 g/mol. The van der Waals surface area contributed by atoms with Crippen molar-refractivity contribution in [3.63, 3.8) is 0 Å². The summed E-state index contributed by atoms with van der Waals surface area (Å²) in [5.41, 5.74) is 0.270. The minimum atomic E-state index is -0.289. The molecule has 4 aliphatic carbocycles. The van der Waals surface area contributed by atoms with E-state index in [9.17, 15) is 14.9 Å². The van der Waals surface area contributed by atoms with Gasteiger partial charge in [0.25, 0.3) is 0 Å². The van der Waals surface area contributed by atoms with Crippen LogP contribution in [0.25, 0.3) is 0 Å². The van der Waals surface area contributed by atoms with Gasteiger partial charge in [-0.15, -0.1) is 0 Å². The second kappa shape index (κ2) is 8.98. The van der Waals surface area contributed by atoms with Crippen LogP contribution in [-0.2, 0) is 9.59 Å². The number of amides is 2. The lowest BCUT2D eigenvalue weighted by atomic mass is 9.50. The van der Waals surface area contributed by atoms with Crippen LogP contribution in [0.5, 0.6) is 0 Å². The van der Waals surface area contributed by atoms with Gasteiger partial charge in [0.15, 0.2) is 0 Å². The molecule has 5 fully saturated rings. The Bertz CT molecular complexity index is 1030. The summed E-state index contributed by atoms with van der Waals surface area (Å²) in [5, 5.41) is 28.2. The largest absolute Gasteiger partial charge is 0.326 e. The third-order valence-corrected chi connectivity index (χ3v) is 8.18. The number of likely N-dealkylation sites (tertiary alicyclic amines) is 1. The van der Waals surface area contributed by atoms with Gasteiger partial charge in [-0.2, -0.15) is 10.5 Å². The summed E-state index contributed by atoms with van der Waals surface area (Å²) in [4.78, 5) is 31.3. The molecule has 2 heterocycles. The number of pyridine rings is 1. The fraction of sp³-hybridized carbons (Fsp3) is 0.640. The summed E-state index contributed by atoms with van der Waals surface area (Å²) < 4.78 is 0. The number of nitrogens with zero attached hydrogens (tertiary/aromatic N) is 4. The lowest BCUT2D eigenvalue weighted by Crippen LogP contribution is -2.69. The standard InChI is InChI=1S/C25H31N7O2/c26-11-17-3-4-21(28-13-17)31-22(33)14-29-24-7-18-6-19(8-24)10-25(9-18,16-24)30-15-23(34)32-5-1-2-20(32)12-27/h3-4,13,18-20,29-30H,1-2,5-10,14-16H2,(H,28,31,33)/t18?,19?,20-,24?,25?/m0/s1. The number of carbonyl (C=O) groups is 2.